The number of rotatable bonds is 6. The van der Waals surface area contributed by atoms with Crippen molar-refractivity contribution in [2.24, 2.45) is 13.0 Å². The molecule has 1 aliphatic heterocycles. The first kappa shape index (κ1) is 21.0. The molecule has 2 N–H and O–H groups in total. The van der Waals surface area contributed by atoms with Crippen LogP contribution in [0, 0.1) is 5.92 Å². The molecule has 33 heavy (non-hydrogen) atoms. The van der Waals surface area contributed by atoms with Crippen LogP contribution in [-0.2, 0) is 11.8 Å². The molecule has 1 fully saturated rings. The lowest BCUT2D eigenvalue weighted by Gasteiger charge is -2.33. The maximum atomic E-state index is 12.6. The van der Waals surface area contributed by atoms with Gasteiger partial charge in [0.2, 0.25) is 5.91 Å². The Morgan fingerprint density at radius 1 is 1.18 bits per heavy atom. The monoisotopic (exact) mass is 446 g/mol. The Hall–Kier alpha value is -3.82. The molecule has 3 aromatic rings. The topological polar surface area (TPSA) is 118 Å². The van der Waals surface area contributed by atoms with Crippen LogP contribution in [0.2, 0.25) is 0 Å². The molecule has 0 saturated heterocycles. The summed E-state index contributed by atoms with van der Waals surface area (Å²) in [5.74, 6) is 0.966. The summed E-state index contributed by atoms with van der Waals surface area (Å²) in [6.45, 7) is 3.87. The van der Waals surface area contributed by atoms with E-state index in [2.05, 4.69) is 42.6 Å². The number of hydrogen-bond donors (Lipinski definition) is 2. The summed E-state index contributed by atoms with van der Waals surface area (Å²) in [7, 11) is 3.79. The van der Waals surface area contributed by atoms with E-state index >= 15 is 0 Å². The molecule has 0 aromatic carbocycles. The molecule has 2 aliphatic rings. The number of hydrogen-bond acceptors (Lipinski definition) is 8. The van der Waals surface area contributed by atoms with Crippen LogP contribution in [-0.4, -0.2) is 43.7 Å². The van der Waals surface area contributed by atoms with Crippen molar-refractivity contribution in [1.82, 2.24) is 25.0 Å². The van der Waals surface area contributed by atoms with E-state index in [1.807, 2.05) is 27.1 Å². The van der Waals surface area contributed by atoms with Gasteiger partial charge in [-0.05, 0) is 25.8 Å². The van der Waals surface area contributed by atoms with Crippen molar-refractivity contribution in [2.75, 3.05) is 22.6 Å². The van der Waals surface area contributed by atoms with Gasteiger partial charge in [0.1, 0.15) is 17.2 Å². The SMILES string of the molecule is CCC(=O)c1cnc(NC(=O)C2CC2)cc1Nc1nccc2c1N(C)[C@H](C)c1nn(C)nc1-2. The van der Waals surface area contributed by atoms with Crippen LogP contribution in [0.25, 0.3) is 11.3 Å². The van der Waals surface area contributed by atoms with Crippen LogP contribution in [0.5, 0.6) is 0 Å². The van der Waals surface area contributed by atoms with Gasteiger partial charge in [-0.25, -0.2) is 9.97 Å². The Bertz CT molecular complexity index is 1260. The van der Waals surface area contributed by atoms with E-state index in [4.69, 9.17) is 0 Å². The molecule has 0 radical (unpaired) electrons. The lowest BCUT2D eigenvalue weighted by atomic mass is 9.98. The van der Waals surface area contributed by atoms with Crippen LogP contribution < -0.4 is 15.5 Å². The summed E-state index contributed by atoms with van der Waals surface area (Å²) >= 11 is 0. The van der Waals surface area contributed by atoms with E-state index in [0.717, 1.165) is 35.5 Å². The summed E-state index contributed by atoms with van der Waals surface area (Å²) < 4.78 is 0. The molecule has 5 rings (SSSR count). The van der Waals surface area contributed by atoms with Crippen molar-refractivity contribution >= 4 is 34.7 Å². The van der Waals surface area contributed by atoms with Gasteiger partial charge >= 0.3 is 0 Å². The third-order valence-corrected chi connectivity index (χ3v) is 6.23. The Morgan fingerprint density at radius 2 is 1.97 bits per heavy atom. The maximum absolute atomic E-state index is 12.6. The number of carbonyl (C=O) groups is 2. The summed E-state index contributed by atoms with van der Waals surface area (Å²) in [6, 6.07) is 3.61. The second-order valence-corrected chi connectivity index (χ2v) is 8.55. The number of pyridine rings is 2. The normalized spacial score (nSPS) is 16.7. The van der Waals surface area contributed by atoms with Gasteiger partial charge in [-0.3, -0.25) is 9.59 Å². The highest BCUT2D eigenvalue weighted by Crippen LogP contribution is 2.45. The molecule has 0 unspecified atom stereocenters. The zero-order chi connectivity index (χ0) is 23.3. The first-order chi connectivity index (χ1) is 15.9. The molecule has 1 aliphatic carbocycles. The molecule has 10 heteroatoms. The number of aromatic nitrogens is 5. The Morgan fingerprint density at radius 3 is 2.70 bits per heavy atom. The molecule has 1 amide bonds. The van der Waals surface area contributed by atoms with Crippen LogP contribution in [0.15, 0.2) is 24.5 Å². The van der Waals surface area contributed by atoms with Crippen molar-refractivity contribution in [3.8, 4) is 11.3 Å². The molecule has 170 valence electrons. The smallest absolute Gasteiger partial charge is 0.228 e. The highest BCUT2D eigenvalue weighted by molar-refractivity contribution is 6.03. The van der Waals surface area contributed by atoms with Crippen molar-refractivity contribution in [3.05, 3.63) is 35.8 Å². The molecule has 4 heterocycles. The molecule has 3 aromatic heterocycles. The highest BCUT2D eigenvalue weighted by Gasteiger charge is 2.33. The van der Waals surface area contributed by atoms with Crippen molar-refractivity contribution < 1.29 is 9.59 Å². The van der Waals surface area contributed by atoms with Gasteiger partial charge in [0.25, 0.3) is 0 Å². The standard InChI is InChI=1S/C23H26N8O2/c1-5-17(32)15-11-25-18(27-23(33)13-6-7-13)10-16(15)26-22-21-14(8-9-24-22)20-19(12(2)30(21)3)28-31(4)29-20/h8-13H,5-7H2,1-4H3,(H2,24,25,26,27,33)/t12-/m1/s1. The summed E-state index contributed by atoms with van der Waals surface area (Å²) in [4.78, 5) is 37.4. The highest BCUT2D eigenvalue weighted by atomic mass is 16.2. The number of carbonyl (C=O) groups excluding carboxylic acids is 2. The molecular formula is C23H26N8O2. The van der Waals surface area contributed by atoms with Gasteiger partial charge in [0, 0.05) is 50.5 Å². The summed E-state index contributed by atoms with van der Waals surface area (Å²) in [5, 5.41) is 15.3. The lowest BCUT2D eigenvalue weighted by molar-refractivity contribution is -0.117. The van der Waals surface area contributed by atoms with Gasteiger partial charge < -0.3 is 15.5 Å². The van der Waals surface area contributed by atoms with E-state index < -0.39 is 0 Å². The Labute approximate surface area is 191 Å². The van der Waals surface area contributed by atoms with E-state index in [1.165, 1.54) is 6.20 Å². The van der Waals surface area contributed by atoms with Crippen LogP contribution >= 0.6 is 0 Å². The van der Waals surface area contributed by atoms with Gasteiger partial charge in [-0.2, -0.15) is 15.0 Å². The molecular weight excluding hydrogens is 420 g/mol. The molecule has 0 bridgehead atoms. The van der Waals surface area contributed by atoms with Crippen LogP contribution in [0.3, 0.4) is 0 Å². The molecule has 10 nitrogen and oxygen atoms in total. The van der Waals surface area contributed by atoms with E-state index in [9.17, 15) is 9.59 Å². The fourth-order valence-electron chi connectivity index (χ4n) is 4.11. The predicted octanol–water partition coefficient (Wildman–Crippen LogP) is 3.47. The lowest BCUT2D eigenvalue weighted by Crippen LogP contribution is -2.27. The first-order valence-corrected chi connectivity index (χ1v) is 11.1. The fraction of sp³-hybridized carbons (Fsp3) is 0.391. The van der Waals surface area contributed by atoms with Crippen molar-refractivity contribution in [1.29, 1.82) is 0 Å². The minimum Gasteiger partial charge on any atom is -0.363 e. The zero-order valence-electron chi connectivity index (χ0n) is 19.1. The molecule has 0 spiro atoms. The largest absolute Gasteiger partial charge is 0.363 e. The Balaban J connectivity index is 1.57. The average molecular weight is 447 g/mol. The number of aryl methyl sites for hydroxylation is 1. The van der Waals surface area contributed by atoms with Crippen molar-refractivity contribution in [2.45, 2.75) is 39.2 Å². The van der Waals surface area contributed by atoms with Crippen LogP contribution in [0.1, 0.15) is 55.2 Å². The minimum absolute atomic E-state index is 0.00600. The predicted molar refractivity (Wildman–Crippen MR) is 125 cm³/mol. The minimum atomic E-state index is -0.0483. The maximum Gasteiger partial charge on any atom is 0.228 e. The molecule has 1 atom stereocenters. The van der Waals surface area contributed by atoms with E-state index in [0.29, 0.717) is 29.3 Å². The van der Waals surface area contributed by atoms with Gasteiger partial charge in [0.15, 0.2) is 11.6 Å². The fourth-order valence-corrected chi connectivity index (χ4v) is 4.11. The van der Waals surface area contributed by atoms with E-state index in [-0.39, 0.29) is 23.7 Å². The number of nitrogens with zero attached hydrogens (tertiary/aromatic N) is 6. The summed E-state index contributed by atoms with van der Waals surface area (Å²) in [6.07, 6.45) is 5.36. The summed E-state index contributed by atoms with van der Waals surface area (Å²) in [5.41, 5.74) is 4.51. The Kier molecular flexibility index (Phi) is 5.07. The number of nitrogens with one attached hydrogen (secondary N) is 2. The van der Waals surface area contributed by atoms with Crippen LogP contribution in [0.4, 0.5) is 23.0 Å². The molecule has 1 saturated carbocycles. The number of fused-ring (bicyclic) bond motifs is 3. The van der Waals surface area contributed by atoms with Gasteiger partial charge in [-0.15, -0.1) is 0 Å². The third kappa shape index (κ3) is 3.71. The number of amides is 1. The number of Topliss-reactive ketones (excluding diaryl/α,β-unsaturated/α-hetero) is 1. The van der Waals surface area contributed by atoms with E-state index in [1.54, 1.807) is 17.1 Å². The van der Waals surface area contributed by atoms with Crippen molar-refractivity contribution in [3.63, 3.8) is 0 Å². The van der Waals surface area contributed by atoms with Gasteiger partial charge in [0.05, 0.1) is 23.0 Å². The quantitative estimate of drug-likeness (QED) is 0.553. The van der Waals surface area contributed by atoms with Gasteiger partial charge in [-0.1, -0.05) is 6.92 Å². The second-order valence-electron chi connectivity index (χ2n) is 8.55. The third-order valence-electron chi connectivity index (χ3n) is 6.23. The zero-order valence-corrected chi connectivity index (χ0v) is 19.1. The first-order valence-electron chi connectivity index (χ1n) is 11.1. The number of anilines is 4. The second kappa shape index (κ2) is 7.95. The number of ketones is 1. The average Bonchev–Trinajstić information content (AvgIpc) is 3.58.